The number of benzene rings is 1. The predicted octanol–water partition coefficient (Wildman–Crippen LogP) is 4.35. The molecule has 1 heterocycles. The van der Waals surface area contributed by atoms with Crippen molar-refractivity contribution < 1.29 is 0 Å². The number of hydrogen-bond donors (Lipinski definition) is 0. The molecule has 0 amide bonds. The van der Waals surface area contributed by atoms with Crippen molar-refractivity contribution >= 4 is 17.3 Å². The van der Waals surface area contributed by atoms with Crippen LogP contribution in [0.3, 0.4) is 0 Å². The van der Waals surface area contributed by atoms with Gasteiger partial charge in [0.25, 0.3) is 0 Å². The lowest BCUT2D eigenvalue weighted by Crippen LogP contribution is -2.45. The number of anilines is 1. The van der Waals surface area contributed by atoms with E-state index in [2.05, 4.69) is 37.8 Å². The highest BCUT2D eigenvalue weighted by molar-refractivity contribution is 6.30. The predicted molar refractivity (Wildman–Crippen MR) is 71.3 cm³/mol. The molecule has 0 aliphatic carbocycles. The first-order chi connectivity index (χ1) is 7.54. The van der Waals surface area contributed by atoms with Crippen molar-refractivity contribution in [3.8, 4) is 0 Å². The Hall–Kier alpha value is -0.690. The maximum atomic E-state index is 5.93. The fraction of sp³-hybridized carbons (Fsp3) is 0.571. The first kappa shape index (κ1) is 11.8. The van der Waals surface area contributed by atoms with Gasteiger partial charge in [-0.2, -0.15) is 0 Å². The molecule has 0 radical (unpaired) electrons. The normalized spacial score (nSPS) is 25.4. The first-order valence-electron chi connectivity index (χ1n) is 6.07. The maximum absolute atomic E-state index is 5.93. The largest absolute Gasteiger partial charge is 0.366 e. The van der Waals surface area contributed by atoms with E-state index in [-0.39, 0.29) is 0 Å². The van der Waals surface area contributed by atoms with Crippen molar-refractivity contribution in [3.63, 3.8) is 0 Å². The quantitative estimate of drug-likeness (QED) is 0.739. The van der Waals surface area contributed by atoms with Gasteiger partial charge in [-0.25, -0.2) is 0 Å². The van der Waals surface area contributed by atoms with Gasteiger partial charge in [-0.15, -0.1) is 0 Å². The number of rotatable bonds is 2. The minimum atomic E-state index is 0.299. The van der Waals surface area contributed by atoms with E-state index in [0.717, 1.165) is 11.6 Å². The van der Waals surface area contributed by atoms with Crippen LogP contribution in [0.5, 0.6) is 0 Å². The Labute approximate surface area is 103 Å². The van der Waals surface area contributed by atoms with Gasteiger partial charge in [0.15, 0.2) is 0 Å². The third-order valence-corrected chi connectivity index (χ3v) is 4.32. The molecule has 1 fully saturated rings. The van der Waals surface area contributed by atoms with Crippen molar-refractivity contribution in [1.29, 1.82) is 0 Å². The summed E-state index contributed by atoms with van der Waals surface area (Å²) in [6.07, 6.45) is 2.57. The van der Waals surface area contributed by atoms with E-state index in [1.807, 2.05) is 12.1 Å². The first-order valence-corrected chi connectivity index (χ1v) is 6.45. The molecule has 1 unspecified atom stereocenters. The van der Waals surface area contributed by atoms with Crippen molar-refractivity contribution in [2.75, 3.05) is 11.4 Å². The van der Waals surface area contributed by atoms with Crippen LogP contribution >= 0.6 is 11.6 Å². The Morgan fingerprint density at radius 1 is 1.25 bits per heavy atom. The van der Waals surface area contributed by atoms with E-state index in [1.54, 1.807) is 0 Å². The maximum Gasteiger partial charge on any atom is 0.0407 e. The van der Waals surface area contributed by atoms with Crippen molar-refractivity contribution in [2.24, 2.45) is 5.92 Å². The molecule has 16 heavy (non-hydrogen) atoms. The second kappa shape index (κ2) is 4.29. The van der Waals surface area contributed by atoms with Crippen LogP contribution < -0.4 is 4.90 Å². The Balaban J connectivity index is 2.30. The molecular weight excluding hydrogens is 218 g/mol. The Morgan fingerprint density at radius 3 is 2.44 bits per heavy atom. The standard InChI is InChI=1S/C14H20ClN/c1-11(2)14(3)9-4-10-16(14)13-7-5-12(15)6-8-13/h5-8,11H,4,9-10H2,1-3H3. The van der Waals surface area contributed by atoms with Crippen molar-refractivity contribution in [2.45, 2.75) is 39.2 Å². The Bertz CT molecular complexity index is 358. The van der Waals surface area contributed by atoms with Gasteiger partial charge in [-0.05, 0) is 49.9 Å². The minimum absolute atomic E-state index is 0.299. The van der Waals surface area contributed by atoms with E-state index in [1.165, 1.54) is 18.5 Å². The molecule has 0 spiro atoms. The van der Waals surface area contributed by atoms with Gasteiger partial charge in [0.2, 0.25) is 0 Å². The molecule has 0 saturated carbocycles. The molecule has 1 aliphatic heterocycles. The molecule has 0 N–H and O–H groups in total. The van der Waals surface area contributed by atoms with E-state index in [4.69, 9.17) is 11.6 Å². The summed E-state index contributed by atoms with van der Waals surface area (Å²) in [5.41, 5.74) is 1.60. The highest BCUT2D eigenvalue weighted by Crippen LogP contribution is 2.39. The molecule has 88 valence electrons. The molecule has 2 heteroatoms. The summed E-state index contributed by atoms with van der Waals surface area (Å²) in [7, 11) is 0. The fourth-order valence-corrected chi connectivity index (χ4v) is 2.76. The van der Waals surface area contributed by atoms with Gasteiger partial charge < -0.3 is 4.90 Å². The van der Waals surface area contributed by atoms with Crippen LogP contribution in [-0.4, -0.2) is 12.1 Å². The monoisotopic (exact) mass is 237 g/mol. The average molecular weight is 238 g/mol. The van der Waals surface area contributed by atoms with Gasteiger partial charge in [0, 0.05) is 22.8 Å². The minimum Gasteiger partial charge on any atom is -0.366 e. The topological polar surface area (TPSA) is 3.24 Å². The number of hydrogen-bond acceptors (Lipinski definition) is 1. The summed E-state index contributed by atoms with van der Waals surface area (Å²) >= 11 is 5.93. The van der Waals surface area contributed by atoms with Gasteiger partial charge in [0.05, 0.1) is 0 Å². The molecule has 1 aromatic rings. The zero-order valence-electron chi connectivity index (χ0n) is 10.3. The second-order valence-corrected chi connectivity index (χ2v) is 5.68. The molecule has 1 nitrogen and oxygen atoms in total. The molecule has 2 rings (SSSR count). The SMILES string of the molecule is CC(C)C1(C)CCCN1c1ccc(Cl)cc1. The van der Waals surface area contributed by atoms with Crippen LogP contribution in [0, 0.1) is 5.92 Å². The lowest BCUT2D eigenvalue weighted by atomic mass is 9.85. The summed E-state index contributed by atoms with van der Waals surface area (Å²) in [5.74, 6) is 0.672. The molecule has 0 aromatic heterocycles. The van der Waals surface area contributed by atoms with Crippen LogP contribution in [0.2, 0.25) is 5.02 Å². The summed E-state index contributed by atoms with van der Waals surface area (Å²) in [5, 5.41) is 0.814. The average Bonchev–Trinajstić information content (AvgIpc) is 2.63. The van der Waals surface area contributed by atoms with Crippen LogP contribution in [0.15, 0.2) is 24.3 Å². The highest BCUT2D eigenvalue weighted by Gasteiger charge is 2.38. The molecular formula is C14H20ClN. The number of nitrogens with zero attached hydrogens (tertiary/aromatic N) is 1. The summed E-state index contributed by atoms with van der Waals surface area (Å²) < 4.78 is 0. The van der Waals surface area contributed by atoms with Gasteiger partial charge in [-0.3, -0.25) is 0 Å². The van der Waals surface area contributed by atoms with Crippen LogP contribution in [-0.2, 0) is 0 Å². The lowest BCUT2D eigenvalue weighted by molar-refractivity contribution is 0.341. The van der Waals surface area contributed by atoms with E-state index in [9.17, 15) is 0 Å². The summed E-state index contributed by atoms with van der Waals surface area (Å²) in [4.78, 5) is 2.54. The zero-order valence-corrected chi connectivity index (χ0v) is 11.1. The lowest BCUT2D eigenvalue weighted by Gasteiger charge is -2.40. The second-order valence-electron chi connectivity index (χ2n) is 5.24. The zero-order chi connectivity index (χ0) is 11.8. The fourth-order valence-electron chi connectivity index (χ4n) is 2.63. The van der Waals surface area contributed by atoms with Crippen molar-refractivity contribution in [1.82, 2.24) is 0 Å². The van der Waals surface area contributed by atoms with Gasteiger partial charge >= 0.3 is 0 Å². The van der Waals surface area contributed by atoms with Crippen molar-refractivity contribution in [3.05, 3.63) is 29.3 Å². The number of halogens is 1. The van der Waals surface area contributed by atoms with E-state index in [0.29, 0.717) is 11.5 Å². The summed E-state index contributed by atoms with van der Waals surface area (Å²) in [6, 6.07) is 8.23. The summed E-state index contributed by atoms with van der Waals surface area (Å²) in [6.45, 7) is 8.16. The molecule has 1 atom stereocenters. The third kappa shape index (κ3) is 1.93. The van der Waals surface area contributed by atoms with Crippen LogP contribution in [0.25, 0.3) is 0 Å². The Kier molecular flexibility index (Phi) is 3.16. The Morgan fingerprint density at radius 2 is 1.88 bits per heavy atom. The van der Waals surface area contributed by atoms with Crippen LogP contribution in [0.4, 0.5) is 5.69 Å². The van der Waals surface area contributed by atoms with Crippen LogP contribution in [0.1, 0.15) is 33.6 Å². The molecule has 1 aromatic carbocycles. The van der Waals surface area contributed by atoms with Gasteiger partial charge in [0.1, 0.15) is 0 Å². The van der Waals surface area contributed by atoms with Gasteiger partial charge in [-0.1, -0.05) is 25.4 Å². The molecule has 1 aliphatic rings. The smallest absolute Gasteiger partial charge is 0.0407 e. The van der Waals surface area contributed by atoms with E-state index < -0.39 is 0 Å². The molecule has 0 bridgehead atoms. The molecule has 1 saturated heterocycles. The highest BCUT2D eigenvalue weighted by atomic mass is 35.5. The van der Waals surface area contributed by atoms with E-state index >= 15 is 0 Å². The third-order valence-electron chi connectivity index (χ3n) is 4.06.